The summed E-state index contributed by atoms with van der Waals surface area (Å²) < 4.78 is 14.1. The second-order valence-electron chi connectivity index (χ2n) is 4.77. The molecule has 0 aromatic heterocycles. The van der Waals surface area contributed by atoms with E-state index in [1.165, 1.54) is 43.4 Å². The van der Waals surface area contributed by atoms with Gasteiger partial charge in [-0.3, -0.25) is 4.79 Å². The summed E-state index contributed by atoms with van der Waals surface area (Å²) in [4.78, 5) is 22.8. The number of allylic oxidation sites excluding steroid dienone is 2. The van der Waals surface area contributed by atoms with Gasteiger partial charge in [-0.15, -0.1) is 0 Å². The standard InChI is InChI=1S/C15H13FO4/c1-15(9-5-2-3-8-12(9)16)10(13(17)18)6-4-7-11(15)14(19)20/h2-8,10H,1H3,(H,17,18)(H,19,20). The number of hydrogen-bond donors (Lipinski definition) is 2. The highest BCUT2D eigenvalue weighted by molar-refractivity contribution is 5.93. The number of benzene rings is 1. The Hall–Kier alpha value is -2.43. The number of carbonyl (C=O) groups is 2. The monoisotopic (exact) mass is 276 g/mol. The minimum atomic E-state index is -1.46. The van der Waals surface area contributed by atoms with Crippen LogP contribution >= 0.6 is 0 Å². The molecule has 5 heteroatoms. The molecule has 0 saturated heterocycles. The molecular weight excluding hydrogens is 263 g/mol. The van der Waals surface area contributed by atoms with Gasteiger partial charge in [0.15, 0.2) is 0 Å². The zero-order chi connectivity index (χ0) is 14.9. The molecule has 1 aliphatic rings. The number of carboxylic acid groups (broad SMARTS) is 2. The van der Waals surface area contributed by atoms with Gasteiger partial charge in [-0.05, 0) is 18.6 Å². The molecule has 1 aromatic rings. The molecule has 0 heterocycles. The lowest BCUT2D eigenvalue weighted by Gasteiger charge is -2.36. The second kappa shape index (κ2) is 4.92. The van der Waals surface area contributed by atoms with E-state index in [9.17, 15) is 24.2 Å². The molecule has 0 radical (unpaired) electrons. The molecule has 104 valence electrons. The van der Waals surface area contributed by atoms with Crippen molar-refractivity contribution < 1.29 is 24.2 Å². The normalized spacial score (nSPS) is 25.1. The molecule has 2 N–H and O–H groups in total. The molecule has 1 aliphatic carbocycles. The van der Waals surface area contributed by atoms with Crippen LogP contribution in [0.5, 0.6) is 0 Å². The Kier molecular flexibility index (Phi) is 3.44. The minimum absolute atomic E-state index is 0.0606. The molecule has 0 amide bonds. The predicted octanol–water partition coefficient (Wildman–Crippen LogP) is 2.37. The van der Waals surface area contributed by atoms with Crippen molar-refractivity contribution in [1.82, 2.24) is 0 Å². The predicted molar refractivity (Wildman–Crippen MR) is 69.7 cm³/mol. The van der Waals surface area contributed by atoms with E-state index in [-0.39, 0.29) is 11.1 Å². The van der Waals surface area contributed by atoms with E-state index in [0.717, 1.165) is 0 Å². The number of carboxylic acids is 2. The van der Waals surface area contributed by atoms with E-state index in [2.05, 4.69) is 0 Å². The third kappa shape index (κ3) is 2.01. The van der Waals surface area contributed by atoms with Gasteiger partial charge in [0, 0.05) is 11.0 Å². The van der Waals surface area contributed by atoms with Gasteiger partial charge in [-0.1, -0.05) is 36.4 Å². The first kappa shape index (κ1) is 14.0. The molecule has 0 saturated carbocycles. The lowest BCUT2D eigenvalue weighted by Crippen LogP contribution is -2.42. The summed E-state index contributed by atoms with van der Waals surface area (Å²) in [6.45, 7) is 1.44. The Morgan fingerprint density at radius 1 is 1.25 bits per heavy atom. The van der Waals surface area contributed by atoms with Crippen molar-refractivity contribution >= 4 is 11.9 Å². The first-order valence-electron chi connectivity index (χ1n) is 5.99. The van der Waals surface area contributed by atoms with Crippen molar-refractivity contribution in [2.75, 3.05) is 0 Å². The van der Waals surface area contributed by atoms with Crippen LogP contribution in [0.15, 0.2) is 48.1 Å². The van der Waals surface area contributed by atoms with Gasteiger partial charge >= 0.3 is 11.9 Å². The number of aliphatic carboxylic acids is 2. The number of rotatable bonds is 3. The lowest BCUT2D eigenvalue weighted by molar-refractivity contribution is -0.142. The smallest absolute Gasteiger partial charge is 0.332 e. The van der Waals surface area contributed by atoms with Gasteiger partial charge in [0.25, 0.3) is 0 Å². The Balaban J connectivity index is 2.71. The fraction of sp³-hybridized carbons (Fsp3) is 0.200. The summed E-state index contributed by atoms with van der Waals surface area (Å²) in [5, 5.41) is 18.6. The SMILES string of the molecule is CC1(c2ccccc2F)C(C(=O)O)=CC=CC1C(=O)O. The summed E-state index contributed by atoms with van der Waals surface area (Å²) in [5.74, 6) is -4.22. The molecule has 0 fully saturated rings. The summed E-state index contributed by atoms with van der Waals surface area (Å²) in [7, 11) is 0. The highest BCUT2D eigenvalue weighted by Gasteiger charge is 2.47. The van der Waals surface area contributed by atoms with Crippen LogP contribution in [-0.4, -0.2) is 22.2 Å². The number of hydrogen-bond acceptors (Lipinski definition) is 2. The van der Waals surface area contributed by atoms with Gasteiger partial charge < -0.3 is 10.2 Å². The fourth-order valence-electron chi connectivity index (χ4n) is 2.61. The van der Waals surface area contributed by atoms with Crippen molar-refractivity contribution in [1.29, 1.82) is 0 Å². The molecule has 0 spiro atoms. The van der Waals surface area contributed by atoms with Crippen molar-refractivity contribution in [2.24, 2.45) is 5.92 Å². The first-order valence-corrected chi connectivity index (χ1v) is 5.99. The molecule has 2 atom stereocenters. The van der Waals surface area contributed by atoms with E-state index in [1.807, 2.05) is 0 Å². The Morgan fingerprint density at radius 3 is 2.45 bits per heavy atom. The zero-order valence-corrected chi connectivity index (χ0v) is 10.7. The quantitative estimate of drug-likeness (QED) is 0.888. The van der Waals surface area contributed by atoms with Gasteiger partial charge in [-0.25, -0.2) is 9.18 Å². The minimum Gasteiger partial charge on any atom is -0.481 e. The third-order valence-corrected chi connectivity index (χ3v) is 3.68. The molecule has 2 rings (SSSR count). The van der Waals surface area contributed by atoms with E-state index < -0.39 is 29.1 Å². The molecular formula is C15H13FO4. The largest absolute Gasteiger partial charge is 0.481 e. The Labute approximate surface area is 114 Å². The van der Waals surface area contributed by atoms with E-state index in [4.69, 9.17) is 0 Å². The van der Waals surface area contributed by atoms with Crippen LogP contribution in [0, 0.1) is 11.7 Å². The van der Waals surface area contributed by atoms with Crippen LogP contribution in [0.1, 0.15) is 12.5 Å². The van der Waals surface area contributed by atoms with E-state index >= 15 is 0 Å². The summed E-state index contributed by atoms with van der Waals surface area (Å²) in [6.07, 6.45) is 4.07. The highest BCUT2D eigenvalue weighted by Crippen LogP contribution is 2.43. The average Bonchev–Trinajstić information content (AvgIpc) is 2.38. The molecule has 0 bridgehead atoms. The maximum absolute atomic E-state index is 14.1. The van der Waals surface area contributed by atoms with Crippen LogP contribution in [0.2, 0.25) is 0 Å². The molecule has 2 unspecified atom stereocenters. The Morgan fingerprint density at radius 2 is 1.90 bits per heavy atom. The van der Waals surface area contributed by atoms with Crippen LogP contribution in [0.4, 0.5) is 4.39 Å². The van der Waals surface area contributed by atoms with Crippen molar-refractivity contribution in [3.63, 3.8) is 0 Å². The van der Waals surface area contributed by atoms with Crippen LogP contribution < -0.4 is 0 Å². The number of halogens is 1. The summed E-state index contributed by atoms with van der Waals surface area (Å²) >= 11 is 0. The lowest BCUT2D eigenvalue weighted by atomic mass is 9.64. The maximum atomic E-state index is 14.1. The zero-order valence-electron chi connectivity index (χ0n) is 10.7. The topological polar surface area (TPSA) is 74.6 Å². The van der Waals surface area contributed by atoms with Crippen molar-refractivity contribution in [3.8, 4) is 0 Å². The summed E-state index contributed by atoms with van der Waals surface area (Å²) in [6, 6.07) is 5.64. The molecule has 1 aromatic carbocycles. The van der Waals surface area contributed by atoms with Gasteiger partial charge in [-0.2, -0.15) is 0 Å². The average molecular weight is 276 g/mol. The fourth-order valence-corrected chi connectivity index (χ4v) is 2.61. The first-order chi connectivity index (χ1) is 9.39. The van der Waals surface area contributed by atoms with Crippen LogP contribution in [0.25, 0.3) is 0 Å². The van der Waals surface area contributed by atoms with Crippen molar-refractivity contribution in [2.45, 2.75) is 12.3 Å². The van der Waals surface area contributed by atoms with E-state index in [0.29, 0.717) is 0 Å². The maximum Gasteiger partial charge on any atom is 0.332 e. The van der Waals surface area contributed by atoms with Gasteiger partial charge in [0.1, 0.15) is 5.82 Å². The highest BCUT2D eigenvalue weighted by atomic mass is 19.1. The summed E-state index contributed by atoms with van der Waals surface area (Å²) in [5.41, 5.74) is -1.54. The molecule has 20 heavy (non-hydrogen) atoms. The van der Waals surface area contributed by atoms with Crippen molar-refractivity contribution in [3.05, 3.63) is 59.4 Å². The second-order valence-corrected chi connectivity index (χ2v) is 4.77. The molecule has 0 aliphatic heterocycles. The van der Waals surface area contributed by atoms with Crippen LogP contribution in [0.3, 0.4) is 0 Å². The Bertz CT molecular complexity index is 633. The third-order valence-electron chi connectivity index (χ3n) is 3.68. The van der Waals surface area contributed by atoms with Crippen LogP contribution in [-0.2, 0) is 15.0 Å². The molecule has 4 nitrogen and oxygen atoms in total. The van der Waals surface area contributed by atoms with Gasteiger partial charge in [0.05, 0.1) is 5.92 Å². The van der Waals surface area contributed by atoms with Gasteiger partial charge in [0.2, 0.25) is 0 Å². The van der Waals surface area contributed by atoms with E-state index in [1.54, 1.807) is 6.07 Å².